The molecule has 124 valence electrons. The molecule has 24 heavy (non-hydrogen) atoms. The van der Waals surface area contributed by atoms with Crippen LogP contribution in [0.1, 0.15) is 5.56 Å². The summed E-state index contributed by atoms with van der Waals surface area (Å²) in [4.78, 5) is 4.92. The Kier molecular flexibility index (Phi) is 5.12. The van der Waals surface area contributed by atoms with Crippen molar-refractivity contribution in [3.8, 4) is 17.1 Å². The Balaban J connectivity index is 1.65. The summed E-state index contributed by atoms with van der Waals surface area (Å²) in [5, 5.41) is 6.76. The molecule has 1 aromatic carbocycles. The highest BCUT2D eigenvalue weighted by molar-refractivity contribution is 7.97. The van der Waals surface area contributed by atoms with Crippen LogP contribution in [-0.4, -0.2) is 33.6 Å². The van der Waals surface area contributed by atoms with E-state index in [1.54, 1.807) is 24.5 Å². The average Bonchev–Trinajstić information content (AvgIpc) is 3.10. The van der Waals surface area contributed by atoms with E-state index in [0.29, 0.717) is 17.3 Å². The average molecular weight is 344 g/mol. The molecule has 0 unspecified atom stereocenters. The molecular formula is C17H17FN4OS. The van der Waals surface area contributed by atoms with E-state index in [1.165, 1.54) is 18.0 Å². The van der Waals surface area contributed by atoms with Gasteiger partial charge in [0.25, 0.3) is 0 Å². The molecule has 0 aliphatic heterocycles. The second kappa shape index (κ2) is 7.46. The maximum atomic E-state index is 13.8. The highest BCUT2D eigenvalue weighted by Gasteiger charge is 2.07. The minimum Gasteiger partial charge on any atom is -0.487 e. The Morgan fingerprint density at radius 2 is 2.08 bits per heavy atom. The Hall–Kier alpha value is -2.38. The normalized spacial score (nSPS) is 11.0. The first-order valence-corrected chi connectivity index (χ1v) is 8.11. The fourth-order valence-electron chi connectivity index (χ4n) is 2.09. The van der Waals surface area contributed by atoms with Crippen LogP contribution in [0.15, 0.2) is 53.7 Å². The van der Waals surface area contributed by atoms with E-state index in [1.807, 2.05) is 36.6 Å². The van der Waals surface area contributed by atoms with Gasteiger partial charge in [-0.3, -0.25) is 14.4 Å². The molecule has 3 rings (SSSR count). The molecule has 2 heterocycles. The number of ether oxygens (including phenoxy) is 1. The number of halogens is 1. The van der Waals surface area contributed by atoms with E-state index in [-0.39, 0.29) is 5.82 Å². The molecule has 0 bridgehead atoms. The maximum absolute atomic E-state index is 13.8. The van der Waals surface area contributed by atoms with Crippen LogP contribution >= 0.6 is 11.9 Å². The molecule has 3 aromatic rings. The number of pyridine rings is 1. The first-order valence-electron chi connectivity index (χ1n) is 7.34. The SMILES string of the molecule is CN(C)Sc1cc(COc2ccc(-c3ccn[nH]3)nc2)ccc1F. The van der Waals surface area contributed by atoms with Crippen LogP contribution in [0.25, 0.3) is 11.4 Å². The van der Waals surface area contributed by atoms with Crippen LogP contribution in [0.2, 0.25) is 0 Å². The van der Waals surface area contributed by atoms with E-state index in [0.717, 1.165) is 17.0 Å². The Morgan fingerprint density at radius 3 is 2.75 bits per heavy atom. The summed E-state index contributed by atoms with van der Waals surface area (Å²) >= 11 is 1.34. The molecule has 2 aromatic heterocycles. The van der Waals surface area contributed by atoms with E-state index in [2.05, 4.69) is 15.2 Å². The van der Waals surface area contributed by atoms with Gasteiger partial charge in [-0.2, -0.15) is 5.10 Å². The lowest BCUT2D eigenvalue weighted by Gasteiger charge is -2.11. The predicted octanol–water partition coefficient (Wildman–Crippen LogP) is 3.76. The van der Waals surface area contributed by atoms with Crippen molar-refractivity contribution in [1.82, 2.24) is 19.5 Å². The Labute approximate surface area is 144 Å². The van der Waals surface area contributed by atoms with E-state index >= 15 is 0 Å². The summed E-state index contributed by atoms with van der Waals surface area (Å²) in [6.07, 6.45) is 3.34. The van der Waals surface area contributed by atoms with Crippen LogP contribution in [0.3, 0.4) is 0 Å². The number of nitrogens with zero attached hydrogens (tertiary/aromatic N) is 3. The van der Waals surface area contributed by atoms with Gasteiger partial charge < -0.3 is 4.74 Å². The minimum absolute atomic E-state index is 0.233. The largest absolute Gasteiger partial charge is 0.487 e. The van der Waals surface area contributed by atoms with Crippen LogP contribution in [0.4, 0.5) is 4.39 Å². The van der Waals surface area contributed by atoms with Gasteiger partial charge in [0.15, 0.2) is 0 Å². The first kappa shape index (κ1) is 16.5. The van der Waals surface area contributed by atoms with Crippen LogP contribution in [-0.2, 0) is 6.61 Å². The number of H-pyrrole nitrogens is 1. The summed E-state index contributed by atoms with van der Waals surface area (Å²) in [6.45, 7) is 0.354. The summed E-state index contributed by atoms with van der Waals surface area (Å²) < 4.78 is 21.3. The highest BCUT2D eigenvalue weighted by atomic mass is 32.2. The number of nitrogens with one attached hydrogen (secondary N) is 1. The monoisotopic (exact) mass is 344 g/mol. The molecule has 5 nitrogen and oxygen atoms in total. The third-order valence-corrected chi connectivity index (χ3v) is 4.07. The second-order valence-electron chi connectivity index (χ2n) is 5.31. The van der Waals surface area contributed by atoms with Gasteiger partial charge in [0.05, 0.1) is 22.5 Å². The molecule has 0 aliphatic carbocycles. The topological polar surface area (TPSA) is 54.0 Å². The maximum Gasteiger partial charge on any atom is 0.138 e. The van der Waals surface area contributed by atoms with Gasteiger partial charge in [0, 0.05) is 6.20 Å². The van der Waals surface area contributed by atoms with Gasteiger partial charge in [-0.1, -0.05) is 6.07 Å². The summed E-state index contributed by atoms with van der Waals surface area (Å²) in [6, 6.07) is 10.5. The molecule has 0 aliphatic rings. The zero-order valence-electron chi connectivity index (χ0n) is 13.4. The predicted molar refractivity (Wildman–Crippen MR) is 92.1 cm³/mol. The Morgan fingerprint density at radius 1 is 1.21 bits per heavy atom. The van der Waals surface area contributed by atoms with Crippen molar-refractivity contribution < 1.29 is 9.13 Å². The van der Waals surface area contributed by atoms with Crippen LogP contribution in [0, 0.1) is 5.82 Å². The zero-order valence-corrected chi connectivity index (χ0v) is 14.2. The molecule has 7 heteroatoms. The van der Waals surface area contributed by atoms with E-state index in [9.17, 15) is 4.39 Å². The third kappa shape index (κ3) is 4.12. The standard InChI is InChI=1S/C17H17FN4OS/c1-22(2)24-17-9-12(3-5-14(17)18)11-23-13-4-6-15(19-10-13)16-7-8-20-21-16/h3-10H,11H2,1-2H3,(H,20,21). The Bertz CT molecular complexity index is 791. The summed E-state index contributed by atoms with van der Waals surface area (Å²) in [5.74, 6) is 0.424. The lowest BCUT2D eigenvalue weighted by atomic mass is 10.2. The fraction of sp³-hybridized carbons (Fsp3) is 0.176. The summed E-state index contributed by atoms with van der Waals surface area (Å²) in [7, 11) is 3.75. The minimum atomic E-state index is -0.233. The molecule has 0 radical (unpaired) electrons. The molecule has 0 saturated carbocycles. The number of rotatable bonds is 6. The van der Waals surface area contributed by atoms with Gasteiger partial charge >= 0.3 is 0 Å². The third-order valence-electron chi connectivity index (χ3n) is 3.20. The quantitative estimate of drug-likeness (QED) is 0.690. The number of hydrogen-bond acceptors (Lipinski definition) is 5. The van der Waals surface area contributed by atoms with Crippen molar-refractivity contribution >= 4 is 11.9 Å². The van der Waals surface area contributed by atoms with Crippen molar-refractivity contribution in [2.45, 2.75) is 11.5 Å². The molecule has 1 N–H and O–H groups in total. The lowest BCUT2D eigenvalue weighted by molar-refractivity contribution is 0.304. The summed E-state index contributed by atoms with van der Waals surface area (Å²) in [5.41, 5.74) is 2.55. The van der Waals surface area contributed by atoms with E-state index in [4.69, 9.17) is 4.74 Å². The van der Waals surface area contributed by atoms with Crippen molar-refractivity contribution in [3.63, 3.8) is 0 Å². The molecule has 0 fully saturated rings. The van der Waals surface area contributed by atoms with Gasteiger partial charge in [-0.15, -0.1) is 0 Å². The first-order chi connectivity index (χ1) is 11.6. The second-order valence-corrected chi connectivity index (χ2v) is 6.66. The van der Waals surface area contributed by atoms with Crippen molar-refractivity contribution in [2.75, 3.05) is 14.1 Å². The molecule has 0 spiro atoms. The molecular weight excluding hydrogens is 327 g/mol. The smallest absolute Gasteiger partial charge is 0.138 e. The lowest BCUT2D eigenvalue weighted by Crippen LogP contribution is -2.02. The van der Waals surface area contributed by atoms with Crippen molar-refractivity contribution in [1.29, 1.82) is 0 Å². The van der Waals surface area contributed by atoms with Gasteiger partial charge in [0.2, 0.25) is 0 Å². The highest BCUT2D eigenvalue weighted by Crippen LogP contribution is 2.25. The van der Waals surface area contributed by atoms with E-state index < -0.39 is 0 Å². The molecule has 0 amide bonds. The van der Waals surface area contributed by atoms with Crippen LogP contribution in [0.5, 0.6) is 5.75 Å². The van der Waals surface area contributed by atoms with Crippen LogP contribution < -0.4 is 4.74 Å². The number of hydrogen-bond donors (Lipinski definition) is 1. The molecule has 0 saturated heterocycles. The zero-order chi connectivity index (χ0) is 16.9. The van der Waals surface area contributed by atoms with Crippen molar-refractivity contribution in [3.05, 3.63) is 60.2 Å². The van der Waals surface area contributed by atoms with Gasteiger partial charge in [0.1, 0.15) is 18.2 Å². The van der Waals surface area contributed by atoms with Gasteiger partial charge in [-0.05, 0) is 61.9 Å². The number of aromatic nitrogens is 3. The number of benzene rings is 1. The van der Waals surface area contributed by atoms with Crippen molar-refractivity contribution in [2.24, 2.45) is 0 Å². The van der Waals surface area contributed by atoms with Gasteiger partial charge in [-0.25, -0.2) is 4.39 Å². The fourth-order valence-corrected chi connectivity index (χ4v) is 2.85. The molecule has 0 atom stereocenters. The number of aromatic amines is 1.